The molecule has 1 aliphatic heterocycles. The fourth-order valence-electron chi connectivity index (χ4n) is 8.17. The van der Waals surface area contributed by atoms with E-state index in [0.717, 1.165) is 38.4 Å². The highest BCUT2D eigenvalue weighted by Gasteiger charge is 2.35. The quantitative estimate of drug-likeness (QED) is 0.0616. The van der Waals surface area contributed by atoms with Gasteiger partial charge in [-0.15, -0.1) is 24.0 Å². The van der Waals surface area contributed by atoms with Gasteiger partial charge in [-0.2, -0.15) is 10.2 Å². The lowest BCUT2D eigenvalue weighted by molar-refractivity contribution is -0.135. The molecule has 7 heterocycles. The van der Waals surface area contributed by atoms with Crippen LogP contribution in [-0.2, 0) is 30.8 Å². The Kier molecular flexibility index (Phi) is 12.1. The molecule has 0 unspecified atom stereocenters. The Labute approximate surface area is 378 Å². The first-order chi connectivity index (χ1) is 31.0. The summed E-state index contributed by atoms with van der Waals surface area (Å²) in [4.78, 5) is 52.4. The number of nitrogens with one attached hydrogen (secondary N) is 1. The lowest BCUT2D eigenvalue weighted by Gasteiger charge is -2.38. The zero-order valence-corrected chi connectivity index (χ0v) is 37.1. The first-order valence-electron chi connectivity index (χ1n) is 21.1. The number of aromatic nitrogens is 8. The number of pyridine rings is 1. The number of hydrogen-bond acceptors (Lipinski definition) is 11. The second-order valence-corrected chi connectivity index (χ2v) is 17.9. The lowest BCUT2D eigenvalue weighted by Crippen LogP contribution is -2.49. The van der Waals surface area contributed by atoms with Crippen LogP contribution in [0.15, 0.2) is 119 Å². The number of aliphatic hydroxyl groups is 1. The van der Waals surface area contributed by atoms with Gasteiger partial charge in [0.1, 0.15) is 22.5 Å². The van der Waals surface area contributed by atoms with Crippen LogP contribution >= 0.6 is 24.0 Å². The molecule has 0 bridgehead atoms. The zero-order chi connectivity index (χ0) is 44.4. The molecule has 64 heavy (non-hydrogen) atoms. The summed E-state index contributed by atoms with van der Waals surface area (Å²) in [6.07, 6.45) is 8.86. The van der Waals surface area contributed by atoms with Crippen molar-refractivity contribution < 1.29 is 9.90 Å². The predicted molar refractivity (Wildman–Crippen MR) is 250 cm³/mol. The monoisotopic (exact) mass is 890 g/mol. The summed E-state index contributed by atoms with van der Waals surface area (Å²) < 4.78 is 6.42. The predicted octanol–water partition coefficient (Wildman–Crippen LogP) is 5.60. The number of rotatable bonds is 12. The van der Waals surface area contributed by atoms with Crippen LogP contribution in [0.2, 0.25) is 0 Å². The molecule has 1 fully saturated rings. The number of fused-ring (bicyclic) bond motifs is 2. The second-order valence-electron chi connectivity index (χ2n) is 16.3. The van der Waals surface area contributed by atoms with E-state index in [1.807, 2.05) is 109 Å². The number of aryl methyl sites for hydroxylation is 3. The molecule has 0 spiro atoms. The number of carbonyl (C=O) groups is 1. The maximum Gasteiger partial charge on any atom is 0.277 e. The van der Waals surface area contributed by atoms with Crippen molar-refractivity contribution >= 4 is 45.6 Å². The van der Waals surface area contributed by atoms with Gasteiger partial charge in [0.2, 0.25) is 5.91 Å². The molecule has 324 valence electrons. The molecule has 6 aromatic heterocycles. The number of piperidine rings is 1. The van der Waals surface area contributed by atoms with E-state index >= 15 is 0 Å². The maximum atomic E-state index is 13.7. The number of amides is 1. The summed E-state index contributed by atoms with van der Waals surface area (Å²) in [5.74, 6) is 6.93. The van der Waals surface area contributed by atoms with Crippen molar-refractivity contribution in [2.75, 3.05) is 19.6 Å². The van der Waals surface area contributed by atoms with E-state index in [0.29, 0.717) is 85.5 Å². The fourth-order valence-corrected chi connectivity index (χ4v) is 9.50. The molecule has 16 heteroatoms. The van der Waals surface area contributed by atoms with Crippen LogP contribution in [0.4, 0.5) is 0 Å². The Morgan fingerprint density at radius 3 is 2.53 bits per heavy atom. The van der Waals surface area contributed by atoms with Crippen LogP contribution in [0.25, 0.3) is 32.8 Å². The van der Waals surface area contributed by atoms with Crippen molar-refractivity contribution in [3.05, 3.63) is 157 Å². The summed E-state index contributed by atoms with van der Waals surface area (Å²) in [6.45, 7) is 6.43. The van der Waals surface area contributed by atoms with Crippen LogP contribution in [0.5, 0.6) is 0 Å². The van der Waals surface area contributed by atoms with Gasteiger partial charge in [-0.25, -0.2) is 19.1 Å². The Hall–Kier alpha value is -6.64. The number of carbonyl (C=O) groups excluding carboxylic acids is 1. The molecule has 8 aromatic rings. The molecule has 0 saturated carbocycles. The molecular weight excluding hydrogens is 845 g/mol. The van der Waals surface area contributed by atoms with Gasteiger partial charge in [0.25, 0.3) is 11.1 Å². The number of thiophene rings is 1. The van der Waals surface area contributed by atoms with E-state index in [1.54, 1.807) is 16.8 Å². The Balaban J connectivity index is 0.782. The second kappa shape index (κ2) is 18.2. The van der Waals surface area contributed by atoms with Gasteiger partial charge >= 0.3 is 0 Å². The third-order valence-electron chi connectivity index (χ3n) is 11.7. The van der Waals surface area contributed by atoms with Crippen LogP contribution in [-0.4, -0.2) is 79.6 Å². The van der Waals surface area contributed by atoms with E-state index in [2.05, 4.69) is 50.0 Å². The largest absolute Gasteiger partial charge is 0.388 e. The lowest BCUT2D eigenvalue weighted by atomic mass is 9.91. The molecular formula is C48H46N10O4S2. The fraction of sp³-hybridized carbons (Fsp3) is 0.271. The smallest absolute Gasteiger partial charge is 0.277 e. The highest BCUT2D eigenvalue weighted by atomic mass is 32.1. The Bertz CT molecular complexity index is 3190. The van der Waals surface area contributed by atoms with Crippen LogP contribution in [0.3, 0.4) is 0 Å². The molecule has 1 aliphatic rings. The normalized spacial score (nSPS) is 13.7. The minimum atomic E-state index is -1.11. The molecule has 14 nitrogen and oxygen atoms in total. The van der Waals surface area contributed by atoms with E-state index in [-0.39, 0.29) is 28.7 Å². The third kappa shape index (κ3) is 9.06. The zero-order valence-electron chi connectivity index (χ0n) is 35.4. The average Bonchev–Trinajstić information content (AvgIpc) is 4.02. The number of likely N-dealkylation sites (tertiary alicyclic amines) is 1. The molecule has 2 N–H and O–H groups in total. The van der Waals surface area contributed by atoms with Crippen LogP contribution in [0.1, 0.15) is 52.0 Å². The van der Waals surface area contributed by atoms with Crippen molar-refractivity contribution in [1.29, 1.82) is 0 Å². The molecule has 0 radical (unpaired) electrons. The first-order valence-corrected chi connectivity index (χ1v) is 22.4. The van der Waals surface area contributed by atoms with Gasteiger partial charge in [0.05, 0.1) is 48.1 Å². The summed E-state index contributed by atoms with van der Waals surface area (Å²) in [6, 6.07) is 25.4. The Morgan fingerprint density at radius 1 is 0.953 bits per heavy atom. The van der Waals surface area contributed by atoms with E-state index < -0.39 is 5.60 Å². The third-order valence-corrected chi connectivity index (χ3v) is 13.0. The SMILES string of the molecule is Cc1ccnc(-n2c(S)nc3sc(C)c(C#CCNCc4cnn(Cc5ccc(-c6ccc7c(=O)n(CC8(O)CCN(C(=O)CCc9ccccc9)CC8)cnn67)cc5)c4)c3c2=O)c1. The van der Waals surface area contributed by atoms with E-state index in [9.17, 15) is 19.5 Å². The molecule has 1 saturated heterocycles. The first kappa shape index (κ1) is 42.7. The van der Waals surface area contributed by atoms with Gasteiger partial charge in [0.15, 0.2) is 5.16 Å². The summed E-state index contributed by atoms with van der Waals surface area (Å²) in [5, 5.41) is 24.7. The highest BCUT2D eigenvalue weighted by molar-refractivity contribution is 7.80. The van der Waals surface area contributed by atoms with Crippen molar-refractivity contribution in [1.82, 2.24) is 48.7 Å². The van der Waals surface area contributed by atoms with Gasteiger partial charge in [-0.1, -0.05) is 66.4 Å². The molecule has 1 amide bonds. The molecule has 2 aromatic carbocycles. The number of thiol groups is 1. The summed E-state index contributed by atoms with van der Waals surface area (Å²) in [7, 11) is 0. The van der Waals surface area contributed by atoms with Gasteiger partial charge < -0.3 is 15.3 Å². The summed E-state index contributed by atoms with van der Waals surface area (Å²) in [5.41, 5.74) is 5.35. The minimum absolute atomic E-state index is 0.0810. The van der Waals surface area contributed by atoms with Crippen LogP contribution < -0.4 is 16.4 Å². The van der Waals surface area contributed by atoms with E-state index in [1.165, 1.54) is 26.8 Å². The molecule has 0 aliphatic carbocycles. The highest BCUT2D eigenvalue weighted by Crippen LogP contribution is 2.29. The van der Waals surface area contributed by atoms with Crippen molar-refractivity contribution in [3.63, 3.8) is 0 Å². The topological polar surface area (TPSA) is 157 Å². The Morgan fingerprint density at radius 2 is 1.75 bits per heavy atom. The number of nitrogens with zero attached hydrogens (tertiary/aromatic N) is 9. The standard InChI is InChI=1S/C48H46N10O4S2/c1-32-18-22-50-41(25-32)57-46(61)43-38(33(2)64-44(43)53-47(57)63)9-6-21-49-26-36-27-51-56(29-36)28-35-10-13-37(14-11-35)39-15-16-40-45(60)55(31-52-58(39)40)30-48(62)19-23-54(24-20-48)42(59)17-12-34-7-4-3-5-8-34/h3-5,7-8,10-11,13-16,18,22,25,27,29,31,49,62H,12,17,19-21,23-24,26,28,30H2,1-2H3,(H,53,63). The van der Waals surface area contributed by atoms with Crippen molar-refractivity contribution in [2.45, 2.75) is 69.9 Å². The molecule has 9 rings (SSSR count). The maximum absolute atomic E-state index is 13.7. The average molecular weight is 891 g/mol. The number of benzene rings is 2. The number of hydrogen-bond donors (Lipinski definition) is 3. The van der Waals surface area contributed by atoms with Gasteiger partial charge in [0, 0.05) is 54.5 Å². The van der Waals surface area contributed by atoms with Crippen LogP contribution in [0, 0.1) is 25.7 Å². The van der Waals surface area contributed by atoms with Gasteiger partial charge in [-0.05, 0) is 74.1 Å². The van der Waals surface area contributed by atoms with Crippen molar-refractivity contribution in [2.24, 2.45) is 0 Å². The van der Waals surface area contributed by atoms with E-state index in [4.69, 9.17) is 0 Å². The summed E-state index contributed by atoms with van der Waals surface area (Å²) >= 11 is 5.92. The van der Waals surface area contributed by atoms with Gasteiger partial charge in [-0.3, -0.25) is 23.6 Å². The minimum Gasteiger partial charge on any atom is -0.388 e. The van der Waals surface area contributed by atoms with Crippen molar-refractivity contribution in [3.8, 4) is 28.9 Å². The molecule has 0 atom stereocenters.